The van der Waals surface area contributed by atoms with E-state index >= 15 is 0 Å². The first kappa shape index (κ1) is 13.0. The van der Waals surface area contributed by atoms with Crippen molar-refractivity contribution in [1.82, 2.24) is 0 Å². The molecule has 1 aromatic carbocycles. The lowest BCUT2D eigenvalue weighted by Crippen LogP contribution is -2.26. The van der Waals surface area contributed by atoms with Crippen LogP contribution in [0, 0.1) is 0 Å². The molecule has 2 rings (SSSR count). The smallest absolute Gasteiger partial charge is 0.416 e. The van der Waals surface area contributed by atoms with E-state index in [2.05, 4.69) is 0 Å². The second-order valence-electron chi connectivity index (χ2n) is 4.18. The molecule has 0 spiro atoms. The van der Waals surface area contributed by atoms with Gasteiger partial charge < -0.3 is 15.2 Å². The fourth-order valence-corrected chi connectivity index (χ4v) is 1.79. The predicted molar refractivity (Wildman–Crippen MR) is 60.3 cm³/mol. The van der Waals surface area contributed by atoms with Crippen molar-refractivity contribution >= 4 is 5.69 Å². The Morgan fingerprint density at radius 2 is 1.89 bits per heavy atom. The highest BCUT2D eigenvalue weighted by Crippen LogP contribution is 2.34. The zero-order valence-electron chi connectivity index (χ0n) is 9.67. The minimum absolute atomic E-state index is 0.0942. The van der Waals surface area contributed by atoms with Crippen molar-refractivity contribution in [3.63, 3.8) is 0 Å². The summed E-state index contributed by atoms with van der Waals surface area (Å²) >= 11 is 0. The Hall–Kier alpha value is -1.43. The minimum atomic E-state index is -4.39. The maximum absolute atomic E-state index is 12.6. The normalized spacial score (nSPS) is 17.7. The van der Waals surface area contributed by atoms with Crippen LogP contribution in [-0.2, 0) is 10.9 Å². The Morgan fingerprint density at radius 3 is 2.50 bits per heavy atom. The van der Waals surface area contributed by atoms with E-state index in [0.717, 1.165) is 12.1 Å². The van der Waals surface area contributed by atoms with Crippen molar-refractivity contribution in [3.05, 3.63) is 23.8 Å². The van der Waals surface area contributed by atoms with Crippen LogP contribution in [0.5, 0.6) is 5.75 Å². The fraction of sp³-hybridized carbons (Fsp3) is 0.500. The summed E-state index contributed by atoms with van der Waals surface area (Å²) in [6, 6.07) is 3.12. The molecule has 0 unspecified atom stereocenters. The fourth-order valence-electron chi connectivity index (χ4n) is 1.79. The van der Waals surface area contributed by atoms with Crippen molar-refractivity contribution in [2.75, 3.05) is 18.9 Å². The van der Waals surface area contributed by atoms with Crippen molar-refractivity contribution in [2.45, 2.75) is 25.1 Å². The maximum atomic E-state index is 12.6. The number of anilines is 1. The Balaban J connectivity index is 2.15. The molecule has 0 bridgehead atoms. The summed E-state index contributed by atoms with van der Waals surface area (Å²) in [5.74, 6) is 0.0942. The van der Waals surface area contributed by atoms with Gasteiger partial charge in [-0.15, -0.1) is 0 Å². The lowest BCUT2D eigenvalue weighted by Gasteiger charge is -2.24. The molecule has 0 atom stereocenters. The van der Waals surface area contributed by atoms with Gasteiger partial charge in [0.15, 0.2) is 0 Å². The van der Waals surface area contributed by atoms with Gasteiger partial charge in [0.1, 0.15) is 11.9 Å². The third-order valence-corrected chi connectivity index (χ3v) is 2.80. The topological polar surface area (TPSA) is 44.5 Å². The lowest BCUT2D eigenvalue weighted by atomic mass is 10.1. The number of nitrogen functional groups attached to an aromatic ring is 1. The molecular weight excluding hydrogens is 247 g/mol. The quantitative estimate of drug-likeness (QED) is 0.832. The Morgan fingerprint density at radius 1 is 1.22 bits per heavy atom. The molecule has 3 nitrogen and oxygen atoms in total. The van der Waals surface area contributed by atoms with Gasteiger partial charge >= 0.3 is 6.18 Å². The number of benzene rings is 1. The molecule has 0 amide bonds. The zero-order chi connectivity index (χ0) is 13.2. The SMILES string of the molecule is Nc1ccc(C(F)(F)F)cc1OC1CCOCC1. The second kappa shape index (κ2) is 5.06. The molecule has 0 saturated carbocycles. The first-order chi connectivity index (χ1) is 8.47. The first-order valence-electron chi connectivity index (χ1n) is 5.68. The summed E-state index contributed by atoms with van der Waals surface area (Å²) in [4.78, 5) is 0. The predicted octanol–water partition coefficient (Wildman–Crippen LogP) is 2.85. The Labute approximate surface area is 103 Å². The number of hydrogen-bond donors (Lipinski definition) is 1. The van der Waals surface area contributed by atoms with Crippen molar-refractivity contribution in [1.29, 1.82) is 0 Å². The molecule has 6 heteroatoms. The number of rotatable bonds is 2. The summed E-state index contributed by atoms with van der Waals surface area (Å²) in [6.07, 6.45) is -3.20. The van der Waals surface area contributed by atoms with Gasteiger partial charge in [0.05, 0.1) is 24.5 Å². The molecule has 0 aliphatic carbocycles. The molecular formula is C12H14F3NO2. The van der Waals surface area contributed by atoms with Crippen LogP contribution in [0.1, 0.15) is 18.4 Å². The third-order valence-electron chi connectivity index (χ3n) is 2.80. The molecule has 2 N–H and O–H groups in total. The van der Waals surface area contributed by atoms with Gasteiger partial charge in [-0.3, -0.25) is 0 Å². The molecule has 0 aromatic heterocycles. The summed E-state index contributed by atoms with van der Waals surface area (Å²) < 4.78 is 48.4. The van der Waals surface area contributed by atoms with Gasteiger partial charge in [-0.1, -0.05) is 0 Å². The van der Waals surface area contributed by atoms with E-state index in [1.54, 1.807) is 0 Å². The van der Waals surface area contributed by atoms with Gasteiger partial charge in [-0.05, 0) is 18.2 Å². The van der Waals surface area contributed by atoms with E-state index in [9.17, 15) is 13.2 Å². The highest BCUT2D eigenvalue weighted by molar-refractivity contribution is 5.54. The number of halogens is 3. The van der Waals surface area contributed by atoms with Crippen molar-refractivity contribution < 1.29 is 22.6 Å². The standard InChI is InChI=1S/C12H14F3NO2/c13-12(14,15)8-1-2-10(16)11(7-8)18-9-3-5-17-6-4-9/h1-2,7,9H,3-6,16H2. The van der Waals surface area contributed by atoms with E-state index in [-0.39, 0.29) is 17.5 Å². The van der Waals surface area contributed by atoms with Crippen LogP contribution in [0.25, 0.3) is 0 Å². The largest absolute Gasteiger partial charge is 0.488 e. The summed E-state index contributed by atoms with van der Waals surface area (Å²) in [6.45, 7) is 1.12. The van der Waals surface area contributed by atoms with Gasteiger partial charge in [-0.2, -0.15) is 13.2 Å². The molecule has 0 radical (unpaired) electrons. The molecule has 1 aliphatic rings. The van der Waals surface area contributed by atoms with E-state index in [0.29, 0.717) is 26.1 Å². The van der Waals surface area contributed by atoms with Crippen LogP contribution in [-0.4, -0.2) is 19.3 Å². The molecule has 1 heterocycles. The Bertz CT molecular complexity index is 414. The summed E-state index contributed by atoms with van der Waals surface area (Å²) in [7, 11) is 0. The molecule has 1 aliphatic heterocycles. The molecule has 1 fully saturated rings. The van der Waals surface area contributed by atoms with E-state index in [4.69, 9.17) is 15.2 Å². The monoisotopic (exact) mass is 261 g/mol. The average Bonchev–Trinajstić information content (AvgIpc) is 2.32. The Kier molecular flexibility index (Phi) is 3.65. The number of alkyl halides is 3. The van der Waals surface area contributed by atoms with Crippen LogP contribution < -0.4 is 10.5 Å². The second-order valence-corrected chi connectivity index (χ2v) is 4.18. The summed E-state index contributed by atoms with van der Waals surface area (Å²) in [5.41, 5.74) is 5.09. The third kappa shape index (κ3) is 3.07. The van der Waals surface area contributed by atoms with Gasteiger partial charge in [0, 0.05) is 12.8 Å². The van der Waals surface area contributed by atoms with Crippen LogP contribution in [0.4, 0.5) is 18.9 Å². The zero-order valence-corrected chi connectivity index (χ0v) is 9.67. The van der Waals surface area contributed by atoms with Gasteiger partial charge in [0.25, 0.3) is 0 Å². The number of ether oxygens (including phenoxy) is 2. The number of nitrogens with two attached hydrogens (primary N) is 1. The first-order valence-corrected chi connectivity index (χ1v) is 5.68. The van der Waals surface area contributed by atoms with Crippen LogP contribution >= 0.6 is 0 Å². The lowest BCUT2D eigenvalue weighted by molar-refractivity contribution is -0.137. The minimum Gasteiger partial charge on any atom is -0.488 e. The molecule has 1 saturated heterocycles. The highest BCUT2D eigenvalue weighted by Gasteiger charge is 2.31. The van der Waals surface area contributed by atoms with Gasteiger partial charge in [0.2, 0.25) is 0 Å². The number of hydrogen-bond acceptors (Lipinski definition) is 3. The maximum Gasteiger partial charge on any atom is 0.416 e. The molecule has 1 aromatic rings. The van der Waals surface area contributed by atoms with Crippen molar-refractivity contribution in [3.8, 4) is 5.75 Å². The highest BCUT2D eigenvalue weighted by atomic mass is 19.4. The molecule has 18 heavy (non-hydrogen) atoms. The van der Waals surface area contributed by atoms with Gasteiger partial charge in [-0.25, -0.2) is 0 Å². The average molecular weight is 261 g/mol. The van der Waals surface area contributed by atoms with Crippen LogP contribution in [0.15, 0.2) is 18.2 Å². The van der Waals surface area contributed by atoms with Crippen LogP contribution in [0.3, 0.4) is 0 Å². The van der Waals surface area contributed by atoms with E-state index in [1.165, 1.54) is 6.07 Å². The van der Waals surface area contributed by atoms with Crippen LogP contribution in [0.2, 0.25) is 0 Å². The van der Waals surface area contributed by atoms with Crippen molar-refractivity contribution in [2.24, 2.45) is 0 Å². The van der Waals surface area contributed by atoms with E-state index < -0.39 is 11.7 Å². The van der Waals surface area contributed by atoms with E-state index in [1.807, 2.05) is 0 Å². The summed E-state index contributed by atoms with van der Waals surface area (Å²) in [5, 5.41) is 0. The molecule has 100 valence electrons.